The summed E-state index contributed by atoms with van der Waals surface area (Å²) in [4.78, 5) is 20.2. The van der Waals surface area contributed by atoms with Crippen LogP contribution in [0.4, 0.5) is 0 Å². The van der Waals surface area contributed by atoms with Crippen LogP contribution in [0.25, 0.3) is 0 Å². The summed E-state index contributed by atoms with van der Waals surface area (Å²) in [6, 6.07) is 6.78. The van der Waals surface area contributed by atoms with Crippen LogP contribution in [0.5, 0.6) is 11.5 Å². The highest BCUT2D eigenvalue weighted by molar-refractivity contribution is 5.93. The third-order valence-electron chi connectivity index (χ3n) is 7.02. The van der Waals surface area contributed by atoms with Crippen LogP contribution in [-0.2, 0) is 11.3 Å². The Bertz CT molecular complexity index is 801. The Morgan fingerprint density at radius 3 is 2.70 bits per heavy atom. The van der Waals surface area contributed by atoms with E-state index in [1.165, 1.54) is 24.8 Å². The van der Waals surface area contributed by atoms with Gasteiger partial charge in [-0.15, -0.1) is 0 Å². The van der Waals surface area contributed by atoms with Crippen LogP contribution < -0.4 is 9.47 Å². The van der Waals surface area contributed by atoms with Gasteiger partial charge in [-0.1, -0.05) is 12.1 Å². The normalized spacial score (nSPS) is 25.3. The van der Waals surface area contributed by atoms with Crippen LogP contribution in [0.3, 0.4) is 0 Å². The van der Waals surface area contributed by atoms with E-state index >= 15 is 0 Å². The first-order valence-corrected chi connectivity index (χ1v) is 11.6. The molecule has 0 aromatic heterocycles. The second kappa shape index (κ2) is 8.98. The predicted molar refractivity (Wildman–Crippen MR) is 116 cm³/mol. The molecule has 3 aliphatic heterocycles. The van der Waals surface area contributed by atoms with Gasteiger partial charge in [-0.2, -0.15) is 0 Å². The lowest BCUT2D eigenvalue weighted by atomic mass is 9.96. The van der Waals surface area contributed by atoms with Gasteiger partial charge in [-0.25, -0.2) is 0 Å². The highest BCUT2D eigenvalue weighted by Crippen LogP contribution is 2.33. The number of benzene rings is 1. The number of amides is 1. The molecule has 3 heterocycles. The Kier molecular flexibility index (Phi) is 5.95. The van der Waals surface area contributed by atoms with E-state index in [0.717, 1.165) is 82.1 Å². The van der Waals surface area contributed by atoms with Crippen LogP contribution in [0.1, 0.15) is 44.1 Å². The lowest BCUT2D eigenvalue weighted by molar-refractivity contribution is -0.129. The maximum Gasteiger partial charge on any atom is 0.249 e. The average molecular weight is 412 g/mol. The van der Waals surface area contributed by atoms with Gasteiger partial charge in [0, 0.05) is 57.4 Å². The number of carbonyl (C=O) groups is 1. The summed E-state index contributed by atoms with van der Waals surface area (Å²) < 4.78 is 10.9. The Balaban J connectivity index is 1.12. The minimum Gasteiger partial charge on any atom is -0.454 e. The first kappa shape index (κ1) is 19.9. The van der Waals surface area contributed by atoms with Crippen molar-refractivity contribution in [3.8, 4) is 11.5 Å². The molecule has 0 radical (unpaired) electrons. The van der Waals surface area contributed by atoms with Crippen molar-refractivity contribution in [2.75, 3.05) is 46.1 Å². The third kappa shape index (κ3) is 4.35. The van der Waals surface area contributed by atoms with Crippen molar-refractivity contribution in [1.82, 2.24) is 14.7 Å². The number of carbonyl (C=O) groups excluding carboxylic acids is 1. The Labute approximate surface area is 179 Å². The molecule has 0 spiro atoms. The van der Waals surface area contributed by atoms with E-state index in [-0.39, 0.29) is 0 Å². The van der Waals surface area contributed by atoms with Crippen molar-refractivity contribution < 1.29 is 14.3 Å². The van der Waals surface area contributed by atoms with E-state index in [2.05, 4.69) is 32.9 Å². The van der Waals surface area contributed by atoms with Crippen LogP contribution in [-0.4, -0.2) is 72.7 Å². The van der Waals surface area contributed by atoms with Gasteiger partial charge >= 0.3 is 0 Å². The summed E-state index contributed by atoms with van der Waals surface area (Å²) in [6.45, 7) is 7.42. The van der Waals surface area contributed by atoms with E-state index in [0.29, 0.717) is 18.7 Å². The molecule has 0 unspecified atom stereocenters. The van der Waals surface area contributed by atoms with Gasteiger partial charge in [0.2, 0.25) is 12.7 Å². The zero-order valence-electron chi connectivity index (χ0n) is 17.9. The van der Waals surface area contributed by atoms with Crippen molar-refractivity contribution in [3.63, 3.8) is 0 Å². The molecule has 6 heteroatoms. The van der Waals surface area contributed by atoms with Gasteiger partial charge in [0.1, 0.15) is 0 Å². The zero-order valence-corrected chi connectivity index (χ0v) is 17.9. The summed E-state index contributed by atoms with van der Waals surface area (Å²) in [7, 11) is 0. The minimum atomic E-state index is 0.306. The number of fused-ring (bicyclic) bond motifs is 1. The summed E-state index contributed by atoms with van der Waals surface area (Å²) in [5.74, 6) is 2.02. The summed E-state index contributed by atoms with van der Waals surface area (Å²) in [6.07, 6.45) is 8.97. The Hall–Kier alpha value is -2.05. The molecule has 0 saturated carbocycles. The van der Waals surface area contributed by atoms with Gasteiger partial charge in [-0.3, -0.25) is 14.6 Å². The second-order valence-corrected chi connectivity index (χ2v) is 9.02. The molecular weight excluding hydrogens is 378 g/mol. The standard InChI is InChI=1S/C24H33N3O3/c28-24(20-5-2-1-3-6-20)27-10-4-7-21(17-27)26-13-11-25(12-14-26)16-19-8-9-22-23(15-19)30-18-29-22/h5,8-9,15,21H,1-4,6-7,10-14,16-18H2/t21-/m1/s1. The van der Waals surface area contributed by atoms with Crippen LogP contribution in [0, 0.1) is 0 Å². The van der Waals surface area contributed by atoms with Crippen molar-refractivity contribution in [2.24, 2.45) is 0 Å². The fourth-order valence-corrected chi connectivity index (χ4v) is 5.26. The van der Waals surface area contributed by atoms with E-state index in [1.54, 1.807) is 0 Å². The molecule has 162 valence electrons. The van der Waals surface area contributed by atoms with Crippen molar-refractivity contribution in [1.29, 1.82) is 0 Å². The SMILES string of the molecule is O=C(C1=CCCCC1)N1CCC[C@@H](N2CCN(Cc3ccc4c(c3)OCO4)CC2)C1. The molecule has 4 aliphatic rings. The van der Waals surface area contributed by atoms with Crippen molar-refractivity contribution >= 4 is 5.91 Å². The Morgan fingerprint density at radius 1 is 1.00 bits per heavy atom. The summed E-state index contributed by atoms with van der Waals surface area (Å²) in [5.41, 5.74) is 2.35. The lowest BCUT2D eigenvalue weighted by Gasteiger charge is -2.43. The quantitative estimate of drug-likeness (QED) is 0.762. The number of likely N-dealkylation sites (tertiary alicyclic amines) is 1. The molecule has 5 rings (SSSR count). The topological polar surface area (TPSA) is 45.3 Å². The molecule has 0 N–H and O–H groups in total. The Morgan fingerprint density at radius 2 is 1.87 bits per heavy atom. The first-order chi connectivity index (χ1) is 14.8. The fraction of sp³-hybridized carbons (Fsp3) is 0.625. The molecular formula is C24H33N3O3. The summed E-state index contributed by atoms with van der Waals surface area (Å²) >= 11 is 0. The molecule has 1 aromatic rings. The predicted octanol–water partition coefficient (Wildman–Crippen LogP) is 3.02. The molecule has 2 fully saturated rings. The third-order valence-corrected chi connectivity index (χ3v) is 7.02. The molecule has 30 heavy (non-hydrogen) atoms. The number of ether oxygens (including phenoxy) is 2. The van der Waals surface area contributed by atoms with Crippen molar-refractivity contribution in [2.45, 2.75) is 51.1 Å². The van der Waals surface area contributed by atoms with E-state index in [1.807, 2.05) is 6.07 Å². The highest BCUT2D eigenvalue weighted by Gasteiger charge is 2.31. The maximum atomic E-state index is 12.9. The molecule has 2 saturated heterocycles. The minimum absolute atomic E-state index is 0.306. The highest BCUT2D eigenvalue weighted by atomic mass is 16.7. The first-order valence-electron chi connectivity index (χ1n) is 11.6. The smallest absolute Gasteiger partial charge is 0.249 e. The van der Waals surface area contributed by atoms with Crippen LogP contribution in [0.15, 0.2) is 29.8 Å². The van der Waals surface area contributed by atoms with Gasteiger partial charge in [0.15, 0.2) is 11.5 Å². The number of nitrogens with zero attached hydrogens (tertiary/aromatic N) is 3. The number of allylic oxidation sites excluding steroid dienone is 1. The molecule has 1 aromatic carbocycles. The second-order valence-electron chi connectivity index (χ2n) is 9.02. The number of piperazine rings is 1. The van der Waals surface area contributed by atoms with E-state index in [4.69, 9.17) is 9.47 Å². The lowest BCUT2D eigenvalue weighted by Crippen LogP contribution is -2.55. The van der Waals surface area contributed by atoms with E-state index < -0.39 is 0 Å². The largest absolute Gasteiger partial charge is 0.454 e. The maximum absolute atomic E-state index is 12.9. The van der Waals surface area contributed by atoms with Gasteiger partial charge in [0.05, 0.1) is 0 Å². The van der Waals surface area contributed by atoms with Crippen LogP contribution >= 0.6 is 0 Å². The van der Waals surface area contributed by atoms with Gasteiger partial charge in [0.25, 0.3) is 0 Å². The number of piperidine rings is 1. The molecule has 6 nitrogen and oxygen atoms in total. The fourth-order valence-electron chi connectivity index (χ4n) is 5.26. The molecule has 1 amide bonds. The number of hydrogen-bond acceptors (Lipinski definition) is 5. The number of hydrogen-bond donors (Lipinski definition) is 0. The molecule has 1 atom stereocenters. The molecule has 0 bridgehead atoms. The number of rotatable bonds is 4. The van der Waals surface area contributed by atoms with Crippen molar-refractivity contribution in [3.05, 3.63) is 35.4 Å². The van der Waals surface area contributed by atoms with Gasteiger partial charge in [-0.05, 0) is 56.2 Å². The monoisotopic (exact) mass is 411 g/mol. The van der Waals surface area contributed by atoms with E-state index in [9.17, 15) is 4.79 Å². The zero-order chi connectivity index (χ0) is 20.3. The van der Waals surface area contributed by atoms with Gasteiger partial charge < -0.3 is 14.4 Å². The average Bonchev–Trinajstić information content (AvgIpc) is 3.28. The summed E-state index contributed by atoms with van der Waals surface area (Å²) in [5, 5.41) is 0. The van der Waals surface area contributed by atoms with Crippen LogP contribution in [0.2, 0.25) is 0 Å². The molecule has 1 aliphatic carbocycles.